The highest BCUT2D eigenvalue weighted by atomic mass is 32.1. The van der Waals surface area contributed by atoms with Crippen LogP contribution in [0.1, 0.15) is 50.0 Å². The molecule has 1 aromatic heterocycles. The van der Waals surface area contributed by atoms with Crippen molar-refractivity contribution >= 4 is 46.6 Å². The van der Waals surface area contributed by atoms with E-state index < -0.39 is 17.9 Å². The molecule has 0 spiro atoms. The molecule has 0 saturated carbocycles. The van der Waals surface area contributed by atoms with E-state index >= 15 is 0 Å². The Morgan fingerprint density at radius 2 is 1.77 bits per heavy atom. The summed E-state index contributed by atoms with van der Waals surface area (Å²) < 4.78 is 4.87. The van der Waals surface area contributed by atoms with Crippen LogP contribution in [0.4, 0.5) is 16.2 Å². The van der Waals surface area contributed by atoms with Gasteiger partial charge in [0.2, 0.25) is 0 Å². The maximum atomic E-state index is 13.4. The summed E-state index contributed by atoms with van der Waals surface area (Å²) in [6, 6.07) is 15.1. The molecule has 0 bridgehead atoms. The lowest BCUT2D eigenvalue weighted by Crippen LogP contribution is -2.35. The Morgan fingerprint density at radius 3 is 2.45 bits per heavy atom. The van der Waals surface area contributed by atoms with Crippen LogP contribution in [-0.2, 0) is 9.53 Å². The lowest BCUT2D eigenvalue weighted by Gasteiger charge is -2.26. The fraction of sp³-hybridized carbons (Fsp3) is 0.310. The average molecular weight is 565 g/mol. The van der Waals surface area contributed by atoms with E-state index in [-0.39, 0.29) is 24.0 Å². The Bertz CT molecular complexity index is 1360. The van der Waals surface area contributed by atoms with E-state index in [0.717, 1.165) is 5.56 Å². The number of carbonyl (C=O) groups is 4. The number of aliphatic carboxylic acids is 1. The fourth-order valence-electron chi connectivity index (χ4n) is 4.58. The van der Waals surface area contributed by atoms with Gasteiger partial charge in [-0.3, -0.25) is 14.4 Å². The highest BCUT2D eigenvalue weighted by Crippen LogP contribution is 2.30. The van der Waals surface area contributed by atoms with Gasteiger partial charge in [0.15, 0.2) is 0 Å². The van der Waals surface area contributed by atoms with Gasteiger partial charge in [0, 0.05) is 31.7 Å². The predicted molar refractivity (Wildman–Crippen MR) is 153 cm³/mol. The highest BCUT2D eigenvalue weighted by Gasteiger charge is 2.24. The van der Waals surface area contributed by atoms with Gasteiger partial charge in [-0.2, -0.15) is 0 Å². The molecule has 3 N–H and O–H groups in total. The van der Waals surface area contributed by atoms with E-state index in [1.165, 1.54) is 18.4 Å². The number of thiophene rings is 1. The first-order chi connectivity index (χ1) is 19.2. The molecule has 10 nitrogen and oxygen atoms in total. The van der Waals surface area contributed by atoms with E-state index in [0.29, 0.717) is 54.4 Å². The number of aryl methyl sites for hydroxylation is 1. The summed E-state index contributed by atoms with van der Waals surface area (Å²) in [4.78, 5) is 54.2. The number of nitrogens with zero attached hydrogens (tertiary/aromatic N) is 2. The minimum absolute atomic E-state index is 0.277. The van der Waals surface area contributed by atoms with Crippen molar-refractivity contribution < 1.29 is 29.0 Å². The maximum Gasteiger partial charge on any atom is 0.409 e. The number of amides is 3. The van der Waals surface area contributed by atoms with Crippen LogP contribution in [0.25, 0.3) is 0 Å². The summed E-state index contributed by atoms with van der Waals surface area (Å²) in [6.07, 6.45) is 0.0344. The lowest BCUT2D eigenvalue weighted by atomic mass is 10.0. The molecule has 1 atom stereocenters. The first-order valence-electron chi connectivity index (χ1n) is 12.9. The maximum absolute atomic E-state index is 13.4. The lowest BCUT2D eigenvalue weighted by molar-refractivity contribution is -0.137. The van der Waals surface area contributed by atoms with Crippen LogP contribution in [-0.4, -0.2) is 67.2 Å². The molecular formula is C29H32N4O6S. The molecule has 11 heteroatoms. The zero-order valence-electron chi connectivity index (χ0n) is 22.4. The summed E-state index contributed by atoms with van der Waals surface area (Å²) in [6.45, 7) is 4.07. The number of carboxylic acids is 1. The van der Waals surface area contributed by atoms with Crippen molar-refractivity contribution in [2.24, 2.45) is 0 Å². The molecule has 1 unspecified atom stereocenters. The van der Waals surface area contributed by atoms with Gasteiger partial charge in [-0.15, -0.1) is 11.3 Å². The Labute approximate surface area is 236 Å². The first-order valence-corrected chi connectivity index (χ1v) is 13.8. The van der Waals surface area contributed by atoms with Gasteiger partial charge < -0.3 is 30.3 Å². The van der Waals surface area contributed by atoms with Gasteiger partial charge in [-0.25, -0.2) is 4.79 Å². The predicted octanol–water partition coefficient (Wildman–Crippen LogP) is 4.53. The van der Waals surface area contributed by atoms with Crippen molar-refractivity contribution in [1.29, 1.82) is 0 Å². The van der Waals surface area contributed by atoms with E-state index in [9.17, 15) is 24.3 Å². The normalized spacial score (nSPS) is 14.2. The summed E-state index contributed by atoms with van der Waals surface area (Å²) >= 11 is 1.31. The number of anilines is 2. The number of nitrogens with one attached hydrogen (secondary N) is 2. The summed E-state index contributed by atoms with van der Waals surface area (Å²) in [5.41, 5.74) is 3.15. The first kappa shape index (κ1) is 28.6. The number of hydrogen-bond acceptors (Lipinski definition) is 7. The molecular weight excluding hydrogens is 532 g/mol. The van der Waals surface area contributed by atoms with Gasteiger partial charge in [0.05, 0.1) is 35.8 Å². The topological polar surface area (TPSA) is 128 Å². The molecule has 1 fully saturated rings. The van der Waals surface area contributed by atoms with Crippen molar-refractivity contribution in [3.63, 3.8) is 0 Å². The monoisotopic (exact) mass is 564 g/mol. The molecule has 3 aromatic rings. The summed E-state index contributed by atoms with van der Waals surface area (Å²) in [5, 5.41) is 17.0. The number of ether oxygens (including phenoxy) is 1. The van der Waals surface area contributed by atoms with Gasteiger partial charge in [0.1, 0.15) is 0 Å². The van der Waals surface area contributed by atoms with Crippen molar-refractivity contribution in [1.82, 2.24) is 10.2 Å². The Morgan fingerprint density at radius 1 is 1.00 bits per heavy atom. The largest absolute Gasteiger partial charge is 0.481 e. The van der Waals surface area contributed by atoms with Crippen molar-refractivity contribution in [2.75, 3.05) is 43.5 Å². The van der Waals surface area contributed by atoms with Crippen LogP contribution in [0, 0.1) is 6.92 Å². The van der Waals surface area contributed by atoms with Crippen molar-refractivity contribution in [3.05, 3.63) is 81.5 Å². The third-order valence-corrected chi connectivity index (χ3v) is 7.55. The Kier molecular flexibility index (Phi) is 9.39. The summed E-state index contributed by atoms with van der Waals surface area (Å²) in [7, 11) is 1.35. The van der Waals surface area contributed by atoms with E-state index in [1.807, 2.05) is 24.4 Å². The second-order valence-corrected chi connectivity index (χ2v) is 10.4. The Balaban J connectivity index is 1.61. The van der Waals surface area contributed by atoms with E-state index in [1.54, 1.807) is 47.4 Å². The molecule has 0 aliphatic carbocycles. The number of rotatable bonds is 8. The fourth-order valence-corrected chi connectivity index (χ4v) is 5.20. The molecule has 3 amide bonds. The van der Waals surface area contributed by atoms with E-state index in [4.69, 9.17) is 4.74 Å². The molecule has 40 heavy (non-hydrogen) atoms. The van der Waals surface area contributed by atoms with E-state index in [2.05, 4.69) is 15.5 Å². The van der Waals surface area contributed by atoms with Crippen LogP contribution < -0.4 is 15.5 Å². The molecule has 0 radical (unpaired) electrons. The number of benzene rings is 2. The van der Waals surface area contributed by atoms with Crippen LogP contribution >= 0.6 is 11.3 Å². The quantitative estimate of drug-likeness (QED) is 0.367. The third kappa shape index (κ3) is 7.17. The number of methoxy groups -OCH3 is 1. The van der Waals surface area contributed by atoms with Crippen molar-refractivity contribution in [2.45, 2.75) is 25.8 Å². The Hall–Kier alpha value is -4.38. The highest BCUT2D eigenvalue weighted by molar-refractivity contribution is 7.12. The smallest absolute Gasteiger partial charge is 0.409 e. The standard InChI is InChI=1S/C29H32N4O6S/c1-19-6-8-20(9-7-19)22(18-26(34)35)30-27(36)21-10-11-24(23(17-21)31-28(37)25-5-3-16-40-25)32-12-4-13-33(15-14-32)29(38)39-2/h3,5-11,16-17,22H,4,12-15,18H2,1-2H3,(H,30,36)(H,31,37)(H,34,35). The molecule has 2 heterocycles. The van der Waals surface area contributed by atoms with Gasteiger partial charge in [-0.05, 0) is 48.6 Å². The van der Waals surface area contributed by atoms with Gasteiger partial charge >= 0.3 is 12.1 Å². The van der Waals surface area contributed by atoms with Crippen LogP contribution in [0.15, 0.2) is 60.0 Å². The SMILES string of the molecule is COC(=O)N1CCCN(c2ccc(C(=O)NC(CC(=O)O)c3ccc(C)cc3)cc2NC(=O)c2cccs2)CC1. The molecule has 210 valence electrons. The zero-order valence-corrected chi connectivity index (χ0v) is 23.2. The van der Waals surface area contributed by atoms with Gasteiger partial charge in [-0.1, -0.05) is 35.9 Å². The number of carbonyl (C=O) groups excluding carboxylic acids is 3. The molecule has 1 aliphatic heterocycles. The van der Waals surface area contributed by atoms with Crippen LogP contribution in [0.2, 0.25) is 0 Å². The average Bonchev–Trinajstić information content (AvgIpc) is 3.38. The molecule has 1 saturated heterocycles. The second kappa shape index (κ2) is 13.1. The minimum atomic E-state index is -1.03. The van der Waals surface area contributed by atoms with Crippen LogP contribution in [0.3, 0.4) is 0 Å². The zero-order chi connectivity index (χ0) is 28.6. The molecule has 1 aliphatic rings. The van der Waals surface area contributed by atoms with Crippen LogP contribution in [0.5, 0.6) is 0 Å². The van der Waals surface area contributed by atoms with Gasteiger partial charge in [0.25, 0.3) is 11.8 Å². The summed E-state index contributed by atoms with van der Waals surface area (Å²) in [5.74, 6) is -1.80. The molecule has 2 aromatic carbocycles. The van der Waals surface area contributed by atoms with Crippen molar-refractivity contribution in [3.8, 4) is 0 Å². The second-order valence-electron chi connectivity index (χ2n) is 9.50. The minimum Gasteiger partial charge on any atom is -0.481 e. The third-order valence-electron chi connectivity index (χ3n) is 6.69. The number of carboxylic acid groups (broad SMARTS) is 1. The number of hydrogen-bond donors (Lipinski definition) is 3. The molecule has 4 rings (SSSR count).